The molecule has 0 saturated heterocycles. The van der Waals surface area contributed by atoms with Crippen molar-refractivity contribution in [1.82, 2.24) is 0 Å². The Hall–Kier alpha value is -2.35. The third-order valence-corrected chi connectivity index (χ3v) is 6.48. The lowest BCUT2D eigenvalue weighted by molar-refractivity contribution is 0.0528. The molecule has 0 atom stereocenters. The summed E-state index contributed by atoms with van der Waals surface area (Å²) >= 11 is 6.99. The van der Waals surface area contributed by atoms with E-state index in [1.165, 1.54) is 35.6 Å². The molecule has 2 aromatic carbocycles. The van der Waals surface area contributed by atoms with Crippen LogP contribution in [0.25, 0.3) is 10.4 Å². The number of hydrogen-bond acceptors (Lipinski definition) is 5. The molecule has 3 rings (SSSR count). The molecule has 1 heterocycles. The number of esters is 1. The fourth-order valence-corrected chi connectivity index (χ4v) is 4.86. The molecule has 0 unspecified atom stereocenters. The van der Waals surface area contributed by atoms with Gasteiger partial charge in [-0.3, -0.25) is 4.72 Å². The van der Waals surface area contributed by atoms with E-state index in [2.05, 4.69) is 4.72 Å². The van der Waals surface area contributed by atoms with Crippen molar-refractivity contribution >= 4 is 43.9 Å². The van der Waals surface area contributed by atoms with Crippen LogP contribution in [-0.2, 0) is 14.8 Å². The number of thiophene rings is 1. The molecule has 0 radical (unpaired) electrons. The Morgan fingerprint density at radius 1 is 1.11 bits per heavy atom. The molecule has 0 bridgehead atoms. The van der Waals surface area contributed by atoms with Crippen LogP contribution in [0.15, 0.2) is 65.6 Å². The van der Waals surface area contributed by atoms with Gasteiger partial charge in [-0.2, -0.15) is 0 Å². The van der Waals surface area contributed by atoms with Crippen molar-refractivity contribution in [3.63, 3.8) is 0 Å². The Labute approximate surface area is 166 Å². The predicted molar refractivity (Wildman–Crippen MR) is 108 cm³/mol. The number of halogens is 1. The summed E-state index contributed by atoms with van der Waals surface area (Å²) in [5.41, 5.74) is 1.06. The van der Waals surface area contributed by atoms with E-state index >= 15 is 0 Å². The van der Waals surface area contributed by atoms with Crippen molar-refractivity contribution in [2.75, 3.05) is 11.3 Å². The number of rotatable bonds is 6. The molecular weight excluding hydrogens is 406 g/mol. The smallest absolute Gasteiger partial charge is 0.341 e. The summed E-state index contributed by atoms with van der Waals surface area (Å²) in [6, 6.07) is 16.8. The number of nitrogens with one attached hydrogen (secondary N) is 1. The second-order valence-corrected chi connectivity index (χ2v) is 8.67. The lowest BCUT2D eigenvalue weighted by Gasteiger charge is -2.08. The molecule has 140 valence electrons. The minimum atomic E-state index is -3.88. The third-order valence-electron chi connectivity index (χ3n) is 3.64. The molecule has 27 heavy (non-hydrogen) atoms. The van der Waals surface area contributed by atoms with Gasteiger partial charge in [0.1, 0.15) is 5.00 Å². The average Bonchev–Trinajstić information content (AvgIpc) is 3.06. The summed E-state index contributed by atoms with van der Waals surface area (Å²) in [6.45, 7) is 1.89. The van der Waals surface area contributed by atoms with Crippen LogP contribution < -0.4 is 4.72 Å². The fraction of sp³-hybridized carbons (Fsp3) is 0.105. The lowest BCUT2D eigenvalue weighted by Crippen LogP contribution is -2.14. The number of carbonyl (C=O) groups is 1. The van der Waals surface area contributed by atoms with Crippen LogP contribution in [0.4, 0.5) is 5.00 Å². The van der Waals surface area contributed by atoms with E-state index in [1.54, 1.807) is 13.0 Å². The Morgan fingerprint density at radius 3 is 2.41 bits per heavy atom. The van der Waals surface area contributed by atoms with Crippen molar-refractivity contribution in [2.24, 2.45) is 0 Å². The molecule has 0 aliphatic carbocycles. The molecule has 1 aromatic heterocycles. The van der Waals surface area contributed by atoms with Crippen LogP contribution >= 0.6 is 22.9 Å². The van der Waals surface area contributed by atoms with Gasteiger partial charge in [0.25, 0.3) is 10.0 Å². The maximum absolute atomic E-state index is 12.7. The summed E-state index contributed by atoms with van der Waals surface area (Å²) < 4.78 is 33.0. The van der Waals surface area contributed by atoms with E-state index in [4.69, 9.17) is 16.3 Å². The number of ether oxygens (including phenoxy) is 1. The number of carbonyl (C=O) groups excluding carboxylic acids is 1. The van der Waals surface area contributed by atoms with Crippen LogP contribution in [0.5, 0.6) is 0 Å². The Kier molecular flexibility index (Phi) is 5.84. The van der Waals surface area contributed by atoms with Gasteiger partial charge in [-0.15, -0.1) is 11.3 Å². The minimum Gasteiger partial charge on any atom is -0.462 e. The first-order valence-electron chi connectivity index (χ1n) is 8.05. The summed E-state index contributed by atoms with van der Waals surface area (Å²) in [7, 11) is -3.88. The van der Waals surface area contributed by atoms with Crippen LogP contribution in [0.2, 0.25) is 5.02 Å². The average molecular weight is 422 g/mol. The Bertz CT molecular complexity index is 1050. The molecule has 0 spiro atoms. The van der Waals surface area contributed by atoms with Gasteiger partial charge in [0.15, 0.2) is 0 Å². The zero-order valence-corrected chi connectivity index (χ0v) is 16.7. The summed E-state index contributed by atoms with van der Waals surface area (Å²) in [6.07, 6.45) is 0. The van der Waals surface area contributed by atoms with Crippen molar-refractivity contribution in [1.29, 1.82) is 0 Å². The van der Waals surface area contributed by atoms with Crippen LogP contribution in [0, 0.1) is 0 Å². The maximum Gasteiger partial charge on any atom is 0.341 e. The first-order chi connectivity index (χ1) is 12.9. The number of hydrogen-bond donors (Lipinski definition) is 1. The normalized spacial score (nSPS) is 11.2. The van der Waals surface area contributed by atoms with E-state index in [-0.39, 0.29) is 22.1 Å². The molecule has 1 N–H and O–H groups in total. The second-order valence-electron chi connectivity index (χ2n) is 5.50. The van der Waals surface area contributed by atoms with Gasteiger partial charge in [0, 0.05) is 9.90 Å². The van der Waals surface area contributed by atoms with Gasteiger partial charge in [-0.1, -0.05) is 41.9 Å². The van der Waals surface area contributed by atoms with Gasteiger partial charge >= 0.3 is 5.97 Å². The molecule has 0 aliphatic rings. The van der Waals surface area contributed by atoms with Gasteiger partial charge in [-0.05, 0) is 42.8 Å². The molecule has 0 fully saturated rings. The van der Waals surface area contributed by atoms with E-state index in [9.17, 15) is 13.2 Å². The Balaban J connectivity index is 2.01. The third kappa shape index (κ3) is 4.50. The number of benzene rings is 2. The maximum atomic E-state index is 12.7. The van der Waals surface area contributed by atoms with Crippen LogP contribution in [0.3, 0.4) is 0 Å². The number of anilines is 1. The largest absolute Gasteiger partial charge is 0.462 e. The highest BCUT2D eigenvalue weighted by Crippen LogP contribution is 2.37. The zero-order valence-electron chi connectivity index (χ0n) is 14.3. The zero-order chi connectivity index (χ0) is 19.4. The van der Waals surface area contributed by atoms with E-state index < -0.39 is 16.0 Å². The van der Waals surface area contributed by atoms with Crippen molar-refractivity contribution < 1.29 is 17.9 Å². The molecule has 0 saturated carbocycles. The summed E-state index contributed by atoms with van der Waals surface area (Å²) in [5.74, 6) is -0.579. The molecule has 5 nitrogen and oxygen atoms in total. The molecular formula is C19H16ClNO4S2. The van der Waals surface area contributed by atoms with Crippen LogP contribution in [-0.4, -0.2) is 21.0 Å². The standard InChI is InChI=1S/C19H16ClNO4S2/c1-2-25-19(22)16-12-17(13-6-4-3-5-7-13)26-18(16)21-27(23,24)15-10-8-14(20)9-11-15/h3-12,21H,2H2,1H3. The summed E-state index contributed by atoms with van der Waals surface area (Å²) in [5, 5.41) is 0.644. The van der Waals surface area contributed by atoms with E-state index in [0.29, 0.717) is 5.02 Å². The van der Waals surface area contributed by atoms with Crippen molar-refractivity contribution in [3.05, 3.63) is 71.2 Å². The van der Waals surface area contributed by atoms with E-state index in [1.807, 2.05) is 30.3 Å². The highest BCUT2D eigenvalue weighted by atomic mass is 35.5. The van der Waals surface area contributed by atoms with Gasteiger partial charge in [0.2, 0.25) is 0 Å². The summed E-state index contributed by atoms with van der Waals surface area (Å²) in [4.78, 5) is 13.1. The Morgan fingerprint density at radius 2 is 1.78 bits per heavy atom. The minimum absolute atomic E-state index is 0.0522. The molecule has 0 amide bonds. The lowest BCUT2D eigenvalue weighted by atomic mass is 10.1. The van der Waals surface area contributed by atoms with Gasteiger partial charge < -0.3 is 4.74 Å². The SMILES string of the molecule is CCOC(=O)c1cc(-c2ccccc2)sc1NS(=O)(=O)c1ccc(Cl)cc1. The molecule has 0 aliphatic heterocycles. The quantitative estimate of drug-likeness (QED) is 0.565. The van der Waals surface area contributed by atoms with Crippen molar-refractivity contribution in [2.45, 2.75) is 11.8 Å². The predicted octanol–water partition coefficient (Wildman–Crippen LogP) is 5.05. The molecule has 8 heteroatoms. The highest BCUT2D eigenvalue weighted by molar-refractivity contribution is 7.93. The van der Waals surface area contributed by atoms with Gasteiger partial charge in [0.05, 0.1) is 17.1 Å². The van der Waals surface area contributed by atoms with E-state index in [0.717, 1.165) is 10.4 Å². The van der Waals surface area contributed by atoms with Gasteiger partial charge in [-0.25, -0.2) is 13.2 Å². The fourth-order valence-electron chi connectivity index (χ4n) is 2.37. The topological polar surface area (TPSA) is 72.5 Å². The monoisotopic (exact) mass is 421 g/mol. The van der Waals surface area contributed by atoms with Crippen molar-refractivity contribution in [3.8, 4) is 10.4 Å². The molecule has 3 aromatic rings. The van der Waals surface area contributed by atoms with Crippen LogP contribution in [0.1, 0.15) is 17.3 Å². The number of sulfonamides is 1. The first kappa shape index (κ1) is 19.4. The second kappa shape index (κ2) is 8.12. The first-order valence-corrected chi connectivity index (χ1v) is 10.7. The highest BCUT2D eigenvalue weighted by Gasteiger charge is 2.23.